The molecule has 2 amide bonds. The van der Waals surface area contributed by atoms with Crippen LogP contribution in [0.15, 0.2) is 70.7 Å². The first-order valence-electron chi connectivity index (χ1n) is 9.96. The third-order valence-electron chi connectivity index (χ3n) is 4.82. The van der Waals surface area contributed by atoms with Gasteiger partial charge in [-0.25, -0.2) is 4.79 Å². The van der Waals surface area contributed by atoms with Crippen LogP contribution in [-0.4, -0.2) is 34.6 Å². The van der Waals surface area contributed by atoms with Gasteiger partial charge in [-0.05, 0) is 55.5 Å². The fourth-order valence-electron chi connectivity index (χ4n) is 3.37. The Hall–Kier alpha value is -4.24. The molecular formula is C24H18N2O6S. The number of nitrogens with one attached hydrogen (secondary N) is 1. The van der Waals surface area contributed by atoms with Gasteiger partial charge >= 0.3 is 5.97 Å². The Bertz CT molecular complexity index is 1310. The number of ether oxygens (including phenoxy) is 1. The van der Waals surface area contributed by atoms with Gasteiger partial charge in [0.25, 0.3) is 11.8 Å². The average molecular weight is 462 g/mol. The van der Waals surface area contributed by atoms with E-state index in [0.717, 1.165) is 0 Å². The number of amides is 2. The summed E-state index contributed by atoms with van der Waals surface area (Å²) in [7, 11) is 0. The molecule has 4 rings (SSSR count). The van der Waals surface area contributed by atoms with Crippen LogP contribution in [0.5, 0.6) is 5.75 Å². The molecule has 1 aromatic heterocycles. The minimum absolute atomic E-state index is 0.0497. The molecule has 2 N–H and O–H groups in total. The highest BCUT2D eigenvalue weighted by atomic mass is 32.1. The lowest BCUT2D eigenvalue weighted by Crippen LogP contribution is -2.54. The predicted octanol–water partition coefficient (Wildman–Crippen LogP) is 3.87. The van der Waals surface area contributed by atoms with E-state index in [1.54, 1.807) is 54.6 Å². The van der Waals surface area contributed by atoms with Gasteiger partial charge in [-0.3, -0.25) is 19.8 Å². The second-order valence-corrected chi connectivity index (χ2v) is 7.33. The van der Waals surface area contributed by atoms with Crippen molar-refractivity contribution in [2.75, 3.05) is 11.5 Å². The number of hydrogen-bond acceptors (Lipinski definition) is 6. The molecular weight excluding hydrogens is 444 g/mol. The van der Waals surface area contributed by atoms with Crippen molar-refractivity contribution in [1.82, 2.24) is 5.32 Å². The van der Waals surface area contributed by atoms with Gasteiger partial charge in [0, 0.05) is 11.6 Å². The molecule has 33 heavy (non-hydrogen) atoms. The normalized spacial score (nSPS) is 15.0. The summed E-state index contributed by atoms with van der Waals surface area (Å²) in [5, 5.41) is 11.9. The number of aromatic carboxylic acids is 1. The minimum atomic E-state index is -1.10. The number of carboxylic acid groups (broad SMARTS) is 1. The standard InChI is InChI=1S/C24H18N2O6S/c1-2-31-15-7-5-6-14(12-15)26-22(28)19(21(27)25-24(26)33)13-16-10-11-20(32-16)17-8-3-4-9-18(17)23(29)30/h3-13H,2H2,1H3,(H,29,30)(H,25,27,33)/b19-13-. The first kappa shape index (κ1) is 22.0. The van der Waals surface area contributed by atoms with Gasteiger partial charge in [-0.15, -0.1) is 0 Å². The zero-order valence-electron chi connectivity index (χ0n) is 17.4. The van der Waals surface area contributed by atoms with E-state index in [1.807, 2.05) is 6.92 Å². The zero-order valence-corrected chi connectivity index (χ0v) is 18.2. The largest absolute Gasteiger partial charge is 0.494 e. The van der Waals surface area contributed by atoms with Gasteiger partial charge in [0.05, 0.1) is 17.9 Å². The summed E-state index contributed by atoms with van der Waals surface area (Å²) >= 11 is 5.22. The van der Waals surface area contributed by atoms with Crippen molar-refractivity contribution >= 4 is 46.9 Å². The number of carboxylic acids is 1. The van der Waals surface area contributed by atoms with Gasteiger partial charge < -0.3 is 14.3 Å². The monoisotopic (exact) mass is 462 g/mol. The van der Waals surface area contributed by atoms with Crippen LogP contribution >= 0.6 is 12.2 Å². The zero-order chi connectivity index (χ0) is 23.5. The quantitative estimate of drug-likeness (QED) is 0.325. The van der Waals surface area contributed by atoms with E-state index in [2.05, 4.69) is 5.32 Å². The van der Waals surface area contributed by atoms with E-state index in [0.29, 0.717) is 29.4 Å². The summed E-state index contributed by atoms with van der Waals surface area (Å²) in [4.78, 5) is 38.4. The molecule has 3 aromatic rings. The van der Waals surface area contributed by atoms with Crippen molar-refractivity contribution in [2.24, 2.45) is 0 Å². The predicted molar refractivity (Wildman–Crippen MR) is 125 cm³/mol. The molecule has 0 spiro atoms. The second-order valence-electron chi connectivity index (χ2n) is 6.94. The lowest BCUT2D eigenvalue weighted by atomic mass is 10.1. The number of furan rings is 1. The van der Waals surface area contributed by atoms with Gasteiger partial charge in [-0.1, -0.05) is 24.3 Å². The van der Waals surface area contributed by atoms with Gasteiger partial charge in [0.2, 0.25) is 0 Å². The van der Waals surface area contributed by atoms with E-state index in [9.17, 15) is 19.5 Å². The summed E-state index contributed by atoms with van der Waals surface area (Å²) in [6, 6.07) is 16.3. The summed E-state index contributed by atoms with van der Waals surface area (Å²) in [6.07, 6.45) is 1.30. The molecule has 0 saturated carbocycles. The SMILES string of the molecule is CCOc1cccc(N2C(=O)/C(=C\c3ccc(-c4ccccc4C(=O)O)o3)C(=O)NC2=S)c1. The molecule has 8 nitrogen and oxygen atoms in total. The number of thiocarbonyl (C=S) groups is 1. The average Bonchev–Trinajstić information content (AvgIpc) is 3.25. The minimum Gasteiger partial charge on any atom is -0.494 e. The van der Waals surface area contributed by atoms with Crippen LogP contribution in [0.1, 0.15) is 23.0 Å². The highest BCUT2D eigenvalue weighted by molar-refractivity contribution is 7.80. The third kappa shape index (κ3) is 4.39. The number of rotatable bonds is 6. The first-order valence-corrected chi connectivity index (χ1v) is 10.4. The fraction of sp³-hybridized carbons (Fsp3) is 0.0833. The summed E-state index contributed by atoms with van der Waals surface area (Å²) in [5.41, 5.74) is 0.711. The van der Waals surface area contributed by atoms with E-state index < -0.39 is 17.8 Å². The number of nitrogens with zero attached hydrogens (tertiary/aromatic N) is 1. The number of hydrogen-bond donors (Lipinski definition) is 2. The Morgan fingerprint density at radius 1 is 1.15 bits per heavy atom. The number of anilines is 1. The van der Waals surface area contributed by atoms with Gasteiger partial charge in [0.1, 0.15) is 22.8 Å². The molecule has 0 aliphatic carbocycles. The Morgan fingerprint density at radius 3 is 2.70 bits per heavy atom. The molecule has 0 unspecified atom stereocenters. The van der Waals surface area contributed by atoms with Crippen molar-refractivity contribution in [1.29, 1.82) is 0 Å². The van der Waals surface area contributed by atoms with Crippen LogP contribution in [0.25, 0.3) is 17.4 Å². The first-order chi connectivity index (χ1) is 15.9. The molecule has 0 bridgehead atoms. The molecule has 1 fully saturated rings. The van der Waals surface area contributed by atoms with Crippen molar-refractivity contribution in [2.45, 2.75) is 6.92 Å². The summed E-state index contributed by atoms with van der Waals surface area (Å²) in [6.45, 7) is 2.30. The van der Waals surface area contributed by atoms with Crippen LogP contribution in [0.2, 0.25) is 0 Å². The molecule has 1 aliphatic rings. The molecule has 1 saturated heterocycles. The highest BCUT2D eigenvalue weighted by Gasteiger charge is 2.35. The molecule has 166 valence electrons. The van der Waals surface area contributed by atoms with E-state index in [-0.39, 0.29) is 22.0 Å². The van der Waals surface area contributed by atoms with E-state index in [4.69, 9.17) is 21.4 Å². The second kappa shape index (κ2) is 9.09. The van der Waals surface area contributed by atoms with E-state index >= 15 is 0 Å². The Labute approximate surface area is 194 Å². The van der Waals surface area contributed by atoms with E-state index in [1.165, 1.54) is 17.0 Å². The van der Waals surface area contributed by atoms with Gasteiger partial charge in [-0.2, -0.15) is 0 Å². The van der Waals surface area contributed by atoms with Crippen LogP contribution in [0.4, 0.5) is 5.69 Å². The summed E-state index contributed by atoms with van der Waals surface area (Å²) in [5.74, 6) is -1.32. The topological polar surface area (TPSA) is 109 Å². The van der Waals surface area contributed by atoms with Crippen molar-refractivity contribution in [3.05, 3.63) is 77.6 Å². The summed E-state index contributed by atoms with van der Waals surface area (Å²) < 4.78 is 11.2. The van der Waals surface area contributed by atoms with Crippen LogP contribution < -0.4 is 15.0 Å². The molecule has 2 heterocycles. The molecule has 2 aromatic carbocycles. The fourth-order valence-corrected chi connectivity index (χ4v) is 3.65. The molecule has 0 radical (unpaired) electrons. The van der Waals surface area contributed by atoms with Crippen molar-refractivity contribution < 1.29 is 28.6 Å². The van der Waals surface area contributed by atoms with Crippen molar-refractivity contribution in [3.8, 4) is 17.1 Å². The lowest BCUT2D eigenvalue weighted by Gasteiger charge is -2.29. The Morgan fingerprint density at radius 2 is 1.94 bits per heavy atom. The van der Waals surface area contributed by atoms with Crippen LogP contribution in [-0.2, 0) is 9.59 Å². The molecule has 0 atom stereocenters. The number of benzene rings is 2. The number of carbonyl (C=O) groups excluding carboxylic acids is 2. The smallest absolute Gasteiger partial charge is 0.336 e. The maximum atomic E-state index is 13.2. The molecule has 1 aliphatic heterocycles. The van der Waals surface area contributed by atoms with Crippen LogP contribution in [0, 0.1) is 0 Å². The Kier molecular flexibility index (Phi) is 6.05. The highest BCUT2D eigenvalue weighted by Crippen LogP contribution is 2.29. The van der Waals surface area contributed by atoms with Crippen molar-refractivity contribution in [3.63, 3.8) is 0 Å². The Balaban J connectivity index is 1.68. The maximum absolute atomic E-state index is 13.2. The van der Waals surface area contributed by atoms with Crippen LogP contribution in [0.3, 0.4) is 0 Å². The lowest BCUT2D eigenvalue weighted by molar-refractivity contribution is -0.122. The molecule has 9 heteroatoms. The van der Waals surface area contributed by atoms with Gasteiger partial charge in [0.15, 0.2) is 5.11 Å². The maximum Gasteiger partial charge on any atom is 0.336 e. The third-order valence-corrected chi connectivity index (χ3v) is 5.11. The number of carbonyl (C=O) groups is 3.